The number of aliphatic hydroxyl groups is 1. The minimum Gasteiger partial charge on any atom is -0.388 e. The molecule has 1 aliphatic rings. The summed E-state index contributed by atoms with van der Waals surface area (Å²) in [5, 5.41) is 13.3. The highest BCUT2D eigenvalue weighted by Crippen LogP contribution is 2.43. The van der Waals surface area contributed by atoms with Crippen LogP contribution in [-0.4, -0.2) is 12.2 Å². The van der Waals surface area contributed by atoms with Gasteiger partial charge in [-0.05, 0) is 34.4 Å². The highest BCUT2D eigenvalue weighted by molar-refractivity contribution is 5.79. The summed E-state index contributed by atoms with van der Waals surface area (Å²) in [5.74, 6) is 0. The molecule has 1 atom stereocenters. The molecule has 2 N–H and O–H groups in total. The monoisotopic (exact) mass is 211 g/mol. The van der Waals surface area contributed by atoms with E-state index in [-0.39, 0.29) is 0 Å². The normalized spacial score (nSPS) is 16.8. The number of aliphatic hydroxyl groups excluding tert-OH is 1. The quantitative estimate of drug-likeness (QED) is 0.760. The van der Waals surface area contributed by atoms with Gasteiger partial charge in [-0.3, -0.25) is 0 Å². The zero-order valence-electron chi connectivity index (χ0n) is 9.07. The molecular formula is C14H13NO. The van der Waals surface area contributed by atoms with Gasteiger partial charge in [0.25, 0.3) is 0 Å². The zero-order chi connectivity index (χ0) is 11.1. The first-order chi connectivity index (χ1) is 7.81. The van der Waals surface area contributed by atoms with Gasteiger partial charge in [0, 0.05) is 12.7 Å². The molecule has 80 valence electrons. The van der Waals surface area contributed by atoms with E-state index in [1.54, 1.807) is 0 Å². The van der Waals surface area contributed by atoms with E-state index in [0.29, 0.717) is 0 Å². The van der Waals surface area contributed by atoms with E-state index >= 15 is 0 Å². The van der Waals surface area contributed by atoms with Gasteiger partial charge < -0.3 is 10.4 Å². The summed E-state index contributed by atoms with van der Waals surface area (Å²) in [6.45, 7) is 0. The van der Waals surface area contributed by atoms with Crippen molar-refractivity contribution in [2.24, 2.45) is 0 Å². The summed E-state index contributed by atoms with van der Waals surface area (Å²) in [4.78, 5) is 0. The van der Waals surface area contributed by atoms with Crippen LogP contribution >= 0.6 is 0 Å². The maximum absolute atomic E-state index is 10.2. The van der Waals surface area contributed by atoms with Crippen LogP contribution in [0, 0.1) is 0 Å². The van der Waals surface area contributed by atoms with Gasteiger partial charge in [0.05, 0.1) is 0 Å². The minimum absolute atomic E-state index is 0.487. The molecule has 0 saturated heterocycles. The number of hydrogen-bond acceptors (Lipinski definition) is 2. The maximum Gasteiger partial charge on any atom is 0.105 e. The first kappa shape index (κ1) is 9.43. The number of hydrogen-bond donors (Lipinski definition) is 2. The van der Waals surface area contributed by atoms with Crippen molar-refractivity contribution in [3.63, 3.8) is 0 Å². The van der Waals surface area contributed by atoms with Crippen LogP contribution in [0.2, 0.25) is 0 Å². The van der Waals surface area contributed by atoms with Crippen LogP contribution in [0.4, 0.5) is 5.69 Å². The lowest BCUT2D eigenvalue weighted by Gasteiger charge is -2.07. The molecule has 3 rings (SSSR count). The van der Waals surface area contributed by atoms with Gasteiger partial charge in [-0.2, -0.15) is 0 Å². The molecule has 0 fully saturated rings. The lowest BCUT2D eigenvalue weighted by atomic mass is 10.1. The molecule has 0 bridgehead atoms. The first-order valence-corrected chi connectivity index (χ1v) is 5.40. The summed E-state index contributed by atoms with van der Waals surface area (Å²) in [5.41, 5.74) is 5.32. The SMILES string of the molecule is CNc1ccc2c(c1)C(O)c1ccccc1-2. The van der Waals surface area contributed by atoms with Gasteiger partial charge in [0.1, 0.15) is 6.10 Å². The topological polar surface area (TPSA) is 32.3 Å². The fraction of sp³-hybridized carbons (Fsp3) is 0.143. The number of nitrogens with one attached hydrogen (secondary N) is 1. The Morgan fingerprint density at radius 1 is 1.00 bits per heavy atom. The Morgan fingerprint density at radius 2 is 1.75 bits per heavy atom. The molecule has 1 aliphatic carbocycles. The van der Waals surface area contributed by atoms with E-state index in [2.05, 4.69) is 17.4 Å². The van der Waals surface area contributed by atoms with E-state index in [1.165, 1.54) is 0 Å². The van der Waals surface area contributed by atoms with E-state index in [9.17, 15) is 5.11 Å². The van der Waals surface area contributed by atoms with Crippen molar-refractivity contribution in [3.8, 4) is 11.1 Å². The highest BCUT2D eigenvalue weighted by atomic mass is 16.3. The van der Waals surface area contributed by atoms with Crippen LogP contribution in [-0.2, 0) is 0 Å². The lowest BCUT2D eigenvalue weighted by Crippen LogP contribution is -1.95. The summed E-state index contributed by atoms with van der Waals surface area (Å²) in [7, 11) is 1.89. The van der Waals surface area contributed by atoms with Crippen molar-refractivity contribution in [1.82, 2.24) is 0 Å². The predicted molar refractivity (Wildman–Crippen MR) is 65.5 cm³/mol. The molecule has 2 heteroatoms. The zero-order valence-corrected chi connectivity index (χ0v) is 9.07. The molecule has 0 saturated carbocycles. The number of benzene rings is 2. The van der Waals surface area contributed by atoms with Crippen LogP contribution in [0.25, 0.3) is 11.1 Å². The van der Waals surface area contributed by atoms with Gasteiger partial charge in [-0.15, -0.1) is 0 Å². The molecule has 2 nitrogen and oxygen atoms in total. The van der Waals surface area contributed by atoms with Crippen LogP contribution in [0.1, 0.15) is 17.2 Å². The predicted octanol–water partition coefficient (Wildman–Crippen LogP) is 2.79. The molecule has 16 heavy (non-hydrogen) atoms. The number of rotatable bonds is 1. The van der Waals surface area contributed by atoms with Crippen molar-refractivity contribution in [2.45, 2.75) is 6.10 Å². The smallest absolute Gasteiger partial charge is 0.105 e. The minimum atomic E-state index is -0.487. The average Bonchev–Trinajstić information content (AvgIpc) is 2.64. The Labute approximate surface area is 94.6 Å². The molecule has 2 aromatic carbocycles. The summed E-state index contributed by atoms with van der Waals surface area (Å²) >= 11 is 0. The summed E-state index contributed by atoms with van der Waals surface area (Å²) in [6, 6.07) is 14.1. The van der Waals surface area contributed by atoms with Crippen molar-refractivity contribution in [3.05, 3.63) is 53.6 Å². The first-order valence-electron chi connectivity index (χ1n) is 5.40. The third kappa shape index (κ3) is 1.17. The Kier molecular flexibility index (Phi) is 1.98. The molecule has 0 aliphatic heterocycles. The molecule has 0 radical (unpaired) electrons. The molecule has 2 aromatic rings. The molecule has 1 unspecified atom stereocenters. The fourth-order valence-electron chi connectivity index (χ4n) is 2.34. The lowest BCUT2D eigenvalue weighted by molar-refractivity contribution is 0.225. The van der Waals surface area contributed by atoms with E-state index in [4.69, 9.17) is 0 Å². The number of fused-ring (bicyclic) bond motifs is 3. The molecule has 0 spiro atoms. The molecule has 0 heterocycles. The van der Waals surface area contributed by atoms with E-state index in [1.807, 2.05) is 37.4 Å². The Bertz CT molecular complexity index is 548. The Morgan fingerprint density at radius 3 is 2.56 bits per heavy atom. The fourth-order valence-corrected chi connectivity index (χ4v) is 2.34. The second-order valence-corrected chi connectivity index (χ2v) is 4.04. The van der Waals surface area contributed by atoms with E-state index in [0.717, 1.165) is 27.9 Å². The average molecular weight is 211 g/mol. The van der Waals surface area contributed by atoms with Gasteiger partial charge in [-0.1, -0.05) is 30.3 Å². The van der Waals surface area contributed by atoms with Gasteiger partial charge >= 0.3 is 0 Å². The van der Waals surface area contributed by atoms with Crippen LogP contribution in [0.15, 0.2) is 42.5 Å². The largest absolute Gasteiger partial charge is 0.388 e. The van der Waals surface area contributed by atoms with Crippen LogP contribution in [0.3, 0.4) is 0 Å². The third-order valence-corrected chi connectivity index (χ3v) is 3.18. The molecule has 0 amide bonds. The second-order valence-electron chi connectivity index (χ2n) is 4.04. The highest BCUT2D eigenvalue weighted by Gasteiger charge is 2.26. The number of anilines is 1. The van der Waals surface area contributed by atoms with Crippen LogP contribution in [0.5, 0.6) is 0 Å². The van der Waals surface area contributed by atoms with Gasteiger partial charge in [-0.25, -0.2) is 0 Å². The molecule has 0 aromatic heterocycles. The van der Waals surface area contributed by atoms with E-state index < -0.39 is 6.10 Å². The second kappa shape index (κ2) is 3.35. The van der Waals surface area contributed by atoms with Crippen molar-refractivity contribution >= 4 is 5.69 Å². The third-order valence-electron chi connectivity index (χ3n) is 3.18. The maximum atomic E-state index is 10.2. The van der Waals surface area contributed by atoms with Gasteiger partial charge in [0.2, 0.25) is 0 Å². The summed E-state index contributed by atoms with van der Waals surface area (Å²) in [6.07, 6.45) is -0.487. The van der Waals surface area contributed by atoms with Crippen molar-refractivity contribution < 1.29 is 5.11 Å². The summed E-state index contributed by atoms with van der Waals surface area (Å²) < 4.78 is 0. The standard InChI is InChI=1S/C14H13NO/c1-15-9-6-7-11-10-4-2-3-5-12(10)14(16)13(11)8-9/h2-8,14-16H,1H3. The van der Waals surface area contributed by atoms with Gasteiger partial charge in [0.15, 0.2) is 0 Å². The Balaban J connectivity index is 2.24. The molecular weight excluding hydrogens is 198 g/mol. The van der Waals surface area contributed by atoms with Crippen molar-refractivity contribution in [2.75, 3.05) is 12.4 Å². The van der Waals surface area contributed by atoms with Crippen LogP contribution < -0.4 is 5.32 Å². The van der Waals surface area contributed by atoms with Crippen molar-refractivity contribution in [1.29, 1.82) is 0 Å². The Hall–Kier alpha value is -1.80.